The molecule has 0 radical (unpaired) electrons. The fourth-order valence-electron chi connectivity index (χ4n) is 4.06. The first-order chi connectivity index (χ1) is 22.2. The standard InChI is InChI=1S/C12H14NO2.C11H21N.C8H10.2C2H6.CF3.CH2O2.W/c14-12(13-8-4-5-9-13)10-15-11-6-2-1-3-7-11;1-2-3-7-10-12-11-8-5-4-6-9-11;1-7-5-3-4-6-8(7)2;2*1-2;2-1(3)4;2-1-3;/h2-3,6-7H,4-5,8-10H2;7,10-12H,2-6,8-9H2,1H3;3-6H,1-2H3;2*1-2H3;;1H,(H,2,3);/q-1;;;;;-1;;+2/b;10-7-;;;;;;. The number of ether oxygens (including phenoxy) is 1. The van der Waals surface area contributed by atoms with Crippen molar-refractivity contribution in [1.29, 1.82) is 0 Å². The zero-order valence-corrected chi connectivity index (χ0v) is 32.5. The third kappa shape index (κ3) is 34.4. The Labute approximate surface area is 297 Å². The first-order valence-corrected chi connectivity index (χ1v) is 16.5. The van der Waals surface area contributed by atoms with Crippen molar-refractivity contribution in [3.63, 3.8) is 0 Å². The van der Waals surface area contributed by atoms with Crippen LogP contribution >= 0.6 is 0 Å². The summed E-state index contributed by atoms with van der Waals surface area (Å²) in [6.07, 6.45) is 16.1. The van der Waals surface area contributed by atoms with E-state index in [1.807, 2.05) is 32.6 Å². The molecule has 0 spiro atoms. The minimum atomic E-state index is -3.08. The fraction of sp³-hybridized carbons (Fsp3) is 0.541. The second kappa shape index (κ2) is 39.4. The Morgan fingerprint density at radius 1 is 0.957 bits per heavy atom. The number of aryl methyl sites for hydroxylation is 2. The molecule has 10 heteroatoms. The van der Waals surface area contributed by atoms with Gasteiger partial charge in [0.25, 0.3) is 12.4 Å². The molecule has 1 aliphatic heterocycles. The van der Waals surface area contributed by atoms with Crippen LogP contribution in [-0.4, -0.2) is 48.1 Å². The summed E-state index contributed by atoms with van der Waals surface area (Å²) in [6.45, 7) is 13.0. The summed E-state index contributed by atoms with van der Waals surface area (Å²) in [5.74, 6) is 0.807. The van der Waals surface area contributed by atoms with Crippen molar-refractivity contribution in [2.24, 2.45) is 0 Å². The van der Waals surface area contributed by atoms with Crippen LogP contribution in [0.2, 0.25) is 0 Å². The van der Waals surface area contributed by atoms with Gasteiger partial charge in [-0.1, -0.05) is 90.6 Å². The number of hydrogen-bond donors (Lipinski definition) is 2. The molecule has 2 aromatic rings. The van der Waals surface area contributed by atoms with Gasteiger partial charge in [-0.25, -0.2) is 0 Å². The van der Waals surface area contributed by atoms with E-state index in [1.54, 1.807) is 24.3 Å². The topological polar surface area (TPSA) is 78.9 Å². The maximum Gasteiger partial charge on any atom is 2.00 e. The monoisotopic (exact) mass is 836 g/mol. The van der Waals surface area contributed by atoms with Gasteiger partial charge in [-0.3, -0.25) is 9.59 Å². The van der Waals surface area contributed by atoms with Crippen molar-refractivity contribution in [2.75, 3.05) is 19.7 Å². The summed E-state index contributed by atoms with van der Waals surface area (Å²) in [5.41, 5.74) is 2.74. The van der Waals surface area contributed by atoms with Crippen molar-refractivity contribution in [2.45, 2.75) is 112 Å². The fourth-order valence-corrected chi connectivity index (χ4v) is 4.06. The molecule has 47 heavy (non-hydrogen) atoms. The molecule has 0 aromatic heterocycles. The predicted molar refractivity (Wildman–Crippen MR) is 185 cm³/mol. The van der Waals surface area contributed by atoms with E-state index in [4.69, 9.17) is 14.6 Å². The number of nitrogens with zero attached hydrogens (tertiary/aromatic N) is 1. The third-order valence-corrected chi connectivity index (χ3v) is 6.44. The summed E-state index contributed by atoms with van der Waals surface area (Å²) in [6, 6.07) is 19.2. The van der Waals surface area contributed by atoms with E-state index in [0.29, 0.717) is 0 Å². The molecule has 2 N–H and O–H groups in total. The molecule has 4 rings (SSSR count). The van der Waals surface area contributed by atoms with Crippen LogP contribution in [0.3, 0.4) is 0 Å². The molecule has 0 atom stereocenters. The number of rotatable bonds is 7. The molecule has 2 fully saturated rings. The maximum absolute atomic E-state index is 11.6. The van der Waals surface area contributed by atoms with Crippen LogP contribution in [-0.2, 0) is 30.7 Å². The molecule has 2 aromatic carbocycles. The Morgan fingerprint density at radius 3 is 1.85 bits per heavy atom. The van der Waals surface area contributed by atoms with E-state index in [9.17, 15) is 18.0 Å². The van der Waals surface area contributed by atoms with Crippen LogP contribution < -0.4 is 10.1 Å². The first-order valence-electron chi connectivity index (χ1n) is 16.5. The van der Waals surface area contributed by atoms with Gasteiger partial charge >= 0.3 is 21.1 Å². The Hall–Kier alpha value is -2.80. The molecule has 0 unspecified atom stereocenters. The van der Waals surface area contributed by atoms with Gasteiger partial charge in [0.2, 0.25) is 0 Å². The summed E-state index contributed by atoms with van der Waals surface area (Å²) in [5, 5.41) is 10.4. The molecular weight excluding hydrogens is 777 g/mol. The van der Waals surface area contributed by atoms with E-state index >= 15 is 0 Å². The van der Waals surface area contributed by atoms with Gasteiger partial charge in [0.05, 0.1) is 0 Å². The Balaban J connectivity index is -0.000000260. The number of amides is 1. The molecule has 1 aliphatic carbocycles. The Morgan fingerprint density at radius 2 is 1.43 bits per heavy atom. The molecule has 1 saturated carbocycles. The number of carboxylic acid groups (broad SMARTS) is 1. The van der Waals surface area contributed by atoms with E-state index in [1.165, 1.54) is 56.1 Å². The number of carbonyl (C=O) groups excluding carboxylic acids is 1. The number of nitrogens with one attached hydrogen (secondary N) is 1. The molecule has 1 amide bonds. The number of unbranched alkanes of at least 4 members (excludes halogenated alkanes) is 1. The molecular formula is C37H59F3N2O4W. The predicted octanol–water partition coefficient (Wildman–Crippen LogP) is 10.1. The largest absolute Gasteiger partial charge is 2.00 e. The van der Waals surface area contributed by atoms with E-state index < -0.39 is 6.68 Å². The number of benzene rings is 2. The first kappa shape index (κ1) is 51.0. The van der Waals surface area contributed by atoms with Crippen molar-refractivity contribution in [1.82, 2.24) is 10.2 Å². The SMILES string of the molecule is CC.CC.CCC/C=C\NC1CCCCC1.Cc1ccccc1C.F[C-](F)F.O=C(COc1cc[c-]cc1)N1CCCC1.O=CO.[W+2]. The van der Waals surface area contributed by atoms with Crippen LogP contribution in [0.25, 0.3) is 0 Å². The quantitative estimate of drug-likeness (QED) is 0.215. The zero-order valence-electron chi connectivity index (χ0n) is 29.6. The van der Waals surface area contributed by atoms with E-state index in [2.05, 4.69) is 68.7 Å². The van der Waals surface area contributed by atoms with Gasteiger partial charge < -0.3 is 33.2 Å². The number of halogens is 3. The third-order valence-electron chi connectivity index (χ3n) is 6.44. The number of carbonyl (C=O) groups is 2. The average molecular weight is 837 g/mol. The normalized spacial score (nSPS) is 12.9. The van der Waals surface area contributed by atoms with Crippen molar-refractivity contribution in [3.05, 3.63) is 84.7 Å². The molecule has 6 nitrogen and oxygen atoms in total. The van der Waals surface area contributed by atoms with E-state index in [0.717, 1.165) is 37.7 Å². The van der Waals surface area contributed by atoms with Crippen LogP contribution in [0, 0.1) is 26.6 Å². The van der Waals surface area contributed by atoms with Gasteiger partial charge in [-0.15, -0.1) is 12.1 Å². The molecule has 1 saturated heterocycles. The second-order valence-corrected chi connectivity index (χ2v) is 9.71. The minimum absolute atomic E-state index is 0. The van der Waals surface area contributed by atoms with Crippen LogP contribution in [0.15, 0.2) is 60.8 Å². The summed E-state index contributed by atoms with van der Waals surface area (Å²) in [7, 11) is 0. The smallest absolute Gasteiger partial charge is 0.509 e. The zero-order chi connectivity index (χ0) is 35.4. The van der Waals surface area contributed by atoms with Crippen LogP contribution in [0.5, 0.6) is 5.75 Å². The molecule has 268 valence electrons. The van der Waals surface area contributed by atoms with Crippen molar-refractivity contribution in [3.8, 4) is 5.75 Å². The second-order valence-electron chi connectivity index (χ2n) is 9.71. The van der Waals surface area contributed by atoms with Gasteiger partial charge in [-0.2, -0.15) is 18.2 Å². The van der Waals surface area contributed by atoms with Gasteiger partial charge in [0.1, 0.15) is 0 Å². The minimum Gasteiger partial charge on any atom is -0.509 e. The summed E-state index contributed by atoms with van der Waals surface area (Å²) in [4.78, 5) is 21.8. The molecule has 0 bridgehead atoms. The van der Waals surface area contributed by atoms with Gasteiger partial charge in [0.15, 0.2) is 13.3 Å². The average Bonchev–Trinajstić information content (AvgIpc) is 3.63. The van der Waals surface area contributed by atoms with Gasteiger partial charge in [-0.05, 0) is 63.3 Å². The molecule has 1 heterocycles. The summed E-state index contributed by atoms with van der Waals surface area (Å²) < 4.78 is 34.1. The van der Waals surface area contributed by atoms with Gasteiger partial charge in [0, 0.05) is 24.9 Å². The number of hydrogen-bond acceptors (Lipinski definition) is 4. The molecule has 2 aliphatic rings. The van der Waals surface area contributed by atoms with Crippen LogP contribution in [0.1, 0.15) is 104 Å². The summed E-state index contributed by atoms with van der Waals surface area (Å²) >= 11 is 0. The Bertz CT molecular complexity index is 934. The van der Waals surface area contributed by atoms with Crippen LogP contribution in [0.4, 0.5) is 13.2 Å². The van der Waals surface area contributed by atoms with Crippen molar-refractivity contribution >= 4 is 12.4 Å². The number of likely N-dealkylation sites (tertiary alicyclic amines) is 1. The maximum atomic E-state index is 11.6. The Kier molecular flexibility index (Phi) is 42.8. The van der Waals surface area contributed by atoms with E-state index in [-0.39, 0.29) is 40.1 Å². The number of allylic oxidation sites excluding steroid dienone is 1. The van der Waals surface area contributed by atoms with Crippen molar-refractivity contribution < 1.29 is 53.7 Å².